The van der Waals surface area contributed by atoms with E-state index in [1.807, 2.05) is 34.7 Å². The van der Waals surface area contributed by atoms with Gasteiger partial charge >= 0.3 is 0 Å². The molecule has 0 saturated carbocycles. The number of ether oxygens (including phenoxy) is 5. The Morgan fingerprint density at radius 2 is 1.82 bits per heavy atom. The number of benzene rings is 1. The maximum Gasteiger partial charge on any atom is 0.233 e. The molecule has 1 aliphatic carbocycles. The molecule has 2 atom stereocenters. The highest BCUT2D eigenvalue weighted by Gasteiger charge is 2.30. The Bertz CT molecular complexity index is 1160. The van der Waals surface area contributed by atoms with E-state index >= 15 is 0 Å². The van der Waals surface area contributed by atoms with E-state index in [4.69, 9.17) is 23.7 Å². The predicted octanol–water partition coefficient (Wildman–Crippen LogP) is 3.64. The van der Waals surface area contributed by atoms with Crippen molar-refractivity contribution in [1.82, 2.24) is 5.32 Å². The van der Waals surface area contributed by atoms with Crippen molar-refractivity contribution in [3.05, 3.63) is 43.1 Å². The van der Waals surface area contributed by atoms with Crippen molar-refractivity contribution in [3.63, 3.8) is 0 Å². The molecule has 9 heteroatoms. The Labute approximate surface area is 212 Å². The number of hydrogen-bond donors (Lipinski definition) is 1. The molecule has 1 aliphatic heterocycles. The van der Waals surface area contributed by atoms with Crippen molar-refractivity contribution in [1.29, 1.82) is 0 Å². The quantitative estimate of drug-likeness (QED) is 0.521. The van der Waals surface area contributed by atoms with E-state index in [0.717, 1.165) is 28.7 Å². The van der Waals surface area contributed by atoms with Crippen LogP contribution in [0.4, 0.5) is 0 Å². The summed E-state index contributed by atoms with van der Waals surface area (Å²) >= 11 is 2.04. The van der Waals surface area contributed by atoms with Crippen LogP contribution in [0.5, 0.6) is 23.0 Å². The summed E-state index contributed by atoms with van der Waals surface area (Å²) in [4.78, 5) is 25.4. The molecule has 8 nitrogen and oxygen atoms in total. The lowest BCUT2D eigenvalue weighted by Crippen LogP contribution is -2.26. The van der Waals surface area contributed by atoms with Crippen LogP contribution in [0.1, 0.15) is 36.9 Å². The van der Waals surface area contributed by atoms with E-state index in [-0.39, 0.29) is 29.2 Å². The average molecular weight is 581 g/mol. The lowest BCUT2D eigenvalue weighted by molar-refractivity contribution is -0.119. The normalized spacial score (nSPS) is 18.9. The highest BCUT2D eigenvalue weighted by Crippen LogP contribution is 2.50. The second-order valence-corrected chi connectivity index (χ2v) is 9.44. The number of amides is 1. The topological polar surface area (TPSA) is 92.3 Å². The summed E-state index contributed by atoms with van der Waals surface area (Å²) in [5.74, 6) is 1.64. The first kappa shape index (κ1) is 24.6. The minimum Gasteiger partial charge on any atom is -0.493 e. The number of hydrogen-bond acceptors (Lipinski definition) is 7. The molecule has 34 heavy (non-hydrogen) atoms. The lowest BCUT2D eigenvalue weighted by atomic mass is 9.95. The van der Waals surface area contributed by atoms with Gasteiger partial charge in [-0.1, -0.05) is 0 Å². The van der Waals surface area contributed by atoms with Gasteiger partial charge in [0.25, 0.3) is 0 Å². The van der Waals surface area contributed by atoms with Crippen molar-refractivity contribution in [2.24, 2.45) is 0 Å². The Kier molecular flexibility index (Phi) is 7.51. The minimum atomic E-state index is -0.327. The van der Waals surface area contributed by atoms with Crippen LogP contribution in [0, 0.1) is 3.57 Å². The molecule has 1 N–H and O–H groups in total. The largest absolute Gasteiger partial charge is 0.493 e. The molecule has 2 aliphatic rings. The number of aryl methyl sites for hydroxylation is 1. The summed E-state index contributed by atoms with van der Waals surface area (Å²) in [7, 11) is 4.72. The number of carbonyl (C=O) groups excluding carboxylic acids is 1. The molecule has 2 aromatic carbocycles. The number of fused-ring (bicyclic) bond motifs is 3. The van der Waals surface area contributed by atoms with E-state index in [2.05, 4.69) is 5.32 Å². The van der Waals surface area contributed by atoms with Crippen LogP contribution in [0.15, 0.2) is 23.0 Å². The van der Waals surface area contributed by atoms with Crippen molar-refractivity contribution in [3.8, 4) is 34.1 Å². The molecule has 0 spiro atoms. The van der Waals surface area contributed by atoms with Crippen LogP contribution in [0.25, 0.3) is 11.1 Å². The fourth-order valence-electron chi connectivity index (χ4n) is 4.61. The Hall–Kier alpha value is -2.53. The molecule has 2 aromatic rings. The molecular formula is C25H28INO7. The number of carbonyl (C=O) groups is 1. The van der Waals surface area contributed by atoms with Gasteiger partial charge in [0.2, 0.25) is 17.1 Å². The molecule has 182 valence electrons. The third-order valence-electron chi connectivity index (χ3n) is 6.13. The Morgan fingerprint density at radius 3 is 2.44 bits per heavy atom. The highest BCUT2D eigenvalue weighted by atomic mass is 127. The van der Waals surface area contributed by atoms with Crippen molar-refractivity contribution < 1.29 is 28.5 Å². The minimum absolute atomic E-state index is 0.153. The fourth-order valence-corrected chi connectivity index (χ4v) is 5.18. The fraction of sp³-hybridized carbons (Fsp3) is 0.440. The molecule has 0 bridgehead atoms. The number of methoxy groups -OCH3 is 3. The monoisotopic (exact) mass is 581 g/mol. The van der Waals surface area contributed by atoms with Gasteiger partial charge in [0, 0.05) is 18.9 Å². The van der Waals surface area contributed by atoms with E-state index in [1.54, 1.807) is 27.4 Å². The van der Waals surface area contributed by atoms with Gasteiger partial charge in [0.15, 0.2) is 17.2 Å². The van der Waals surface area contributed by atoms with Gasteiger partial charge in [0.1, 0.15) is 6.10 Å². The Morgan fingerprint density at radius 1 is 1.06 bits per heavy atom. The van der Waals surface area contributed by atoms with Crippen LogP contribution >= 0.6 is 22.6 Å². The molecule has 1 heterocycles. The number of nitrogens with one attached hydrogen (secondary N) is 1. The standard InChI is InChI=1S/C25H28INO7/c1-13(28)27-19-6-5-14-9-21(30-2)24(31-3)25(32-4)22(14)17-10-18(26)23(29)20(11-16(17)19)34-15-7-8-33-12-15/h9-11,15,19H,5-8,12H2,1-4H3,(H,27,28)/t15-,19-/m0/s1. The maximum atomic E-state index is 13.3. The highest BCUT2D eigenvalue weighted by molar-refractivity contribution is 14.1. The smallest absolute Gasteiger partial charge is 0.233 e. The zero-order valence-corrected chi connectivity index (χ0v) is 21.8. The van der Waals surface area contributed by atoms with Crippen LogP contribution in [-0.2, 0) is 16.0 Å². The van der Waals surface area contributed by atoms with Gasteiger partial charge < -0.3 is 29.0 Å². The van der Waals surface area contributed by atoms with E-state index in [0.29, 0.717) is 46.9 Å². The number of halogens is 1. The summed E-state index contributed by atoms with van der Waals surface area (Å²) in [5, 5.41) is 3.05. The van der Waals surface area contributed by atoms with Crippen LogP contribution in [0.2, 0.25) is 0 Å². The zero-order chi connectivity index (χ0) is 24.4. The van der Waals surface area contributed by atoms with Gasteiger partial charge in [-0.2, -0.15) is 0 Å². The van der Waals surface area contributed by atoms with Gasteiger partial charge in [-0.25, -0.2) is 0 Å². The van der Waals surface area contributed by atoms with Gasteiger partial charge in [-0.05, 0) is 70.3 Å². The molecule has 4 rings (SSSR count). The van der Waals surface area contributed by atoms with Crippen LogP contribution in [0.3, 0.4) is 0 Å². The van der Waals surface area contributed by atoms with Crippen molar-refractivity contribution in [2.75, 3.05) is 34.5 Å². The third-order valence-corrected chi connectivity index (χ3v) is 6.93. The first-order valence-electron chi connectivity index (χ1n) is 11.1. The average Bonchev–Trinajstić information content (AvgIpc) is 3.25. The van der Waals surface area contributed by atoms with Crippen LogP contribution < -0.4 is 29.7 Å². The summed E-state index contributed by atoms with van der Waals surface area (Å²) in [6, 6.07) is 5.21. The summed E-state index contributed by atoms with van der Waals surface area (Å²) in [6.07, 6.45) is 1.82. The van der Waals surface area contributed by atoms with Gasteiger partial charge in [0.05, 0.1) is 44.2 Å². The molecule has 1 amide bonds. The van der Waals surface area contributed by atoms with E-state index in [1.165, 1.54) is 6.92 Å². The first-order valence-corrected chi connectivity index (χ1v) is 12.2. The molecule has 1 fully saturated rings. The van der Waals surface area contributed by atoms with E-state index < -0.39 is 0 Å². The van der Waals surface area contributed by atoms with Crippen LogP contribution in [-0.4, -0.2) is 46.6 Å². The van der Waals surface area contributed by atoms with Crippen molar-refractivity contribution in [2.45, 2.75) is 38.3 Å². The molecule has 0 unspecified atom stereocenters. The second-order valence-electron chi connectivity index (χ2n) is 8.27. The molecular weight excluding hydrogens is 553 g/mol. The van der Waals surface area contributed by atoms with Gasteiger partial charge in [-0.15, -0.1) is 0 Å². The maximum absolute atomic E-state index is 13.3. The number of rotatable bonds is 6. The second kappa shape index (κ2) is 10.4. The third kappa shape index (κ3) is 4.68. The van der Waals surface area contributed by atoms with E-state index in [9.17, 15) is 9.59 Å². The van der Waals surface area contributed by atoms with Gasteiger partial charge in [-0.3, -0.25) is 9.59 Å². The first-order chi connectivity index (χ1) is 16.4. The summed E-state index contributed by atoms with van der Waals surface area (Å²) < 4.78 is 29.1. The summed E-state index contributed by atoms with van der Waals surface area (Å²) in [6.45, 7) is 2.54. The SMILES string of the molecule is COc1cc2c(c(OC)c1OC)-c1cc(I)c(=O)c(O[C@H]3CCOC3)cc1[C@@H](NC(C)=O)CC2. The molecule has 1 saturated heterocycles. The molecule has 0 aromatic heterocycles. The molecule has 0 radical (unpaired) electrons. The Balaban J connectivity index is 2.03. The van der Waals surface area contributed by atoms with Crippen molar-refractivity contribution >= 4 is 28.5 Å². The lowest BCUT2D eigenvalue weighted by Gasteiger charge is -2.20. The summed E-state index contributed by atoms with van der Waals surface area (Å²) in [5.41, 5.74) is 3.15. The predicted molar refractivity (Wildman–Crippen MR) is 135 cm³/mol. The zero-order valence-electron chi connectivity index (χ0n) is 19.7.